The molecule has 0 saturated heterocycles. The Labute approximate surface area is 139 Å². The summed E-state index contributed by atoms with van der Waals surface area (Å²) in [5.74, 6) is 0.485. The minimum Gasteiger partial charge on any atom is -0.352 e. The van der Waals surface area contributed by atoms with Crippen LogP contribution in [0.25, 0.3) is 11.0 Å². The summed E-state index contributed by atoms with van der Waals surface area (Å²) in [6, 6.07) is 14.6. The summed E-state index contributed by atoms with van der Waals surface area (Å²) in [5.41, 5.74) is 3.02. The Hall–Kier alpha value is -3.15. The van der Waals surface area contributed by atoms with Crippen LogP contribution in [-0.2, 0) is 11.2 Å². The highest BCUT2D eigenvalue weighted by Gasteiger charge is 2.07. The van der Waals surface area contributed by atoms with E-state index < -0.39 is 0 Å². The number of carbonyl (C=O) groups excluding carboxylic acids is 2. The fourth-order valence-electron chi connectivity index (χ4n) is 2.46. The fraction of sp³-hybridized carbons (Fsp3) is 0.167. The van der Waals surface area contributed by atoms with Crippen molar-refractivity contribution in [1.29, 1.82) is 0 Å². The van der Waals surface area contributed by atoms with Gasteiger partial charge < -0.3 is 15.6 Å². The summed E-state index contributed by atoms with van der Waals surface area (Å²) in [5, 5.41) is 5.52. The van der Waals surface area contributed by atoms with Gasteiger partial charge in [0.05, 0.1) is 11.0 Å². The number of rotatable bonds is 5. The molecule has 0 fully saturated rings. The van der Waals surface area contributed by atoms with Crippen molar-refractivity contribution in [3.63, 3.8) is 0 Å². The molecule has 6 heteroatoms. The van der Waals surface area contributed by atoms with Crippen LogP contribution in [0.2, 0.25) is 0 Å². The van der Waals surface area contributed by atoms with Crippen LogP contribution >= 0.6 is 0 Å². The van der Waals surface area contributed by atoms with E-state index in [1.807, 2.05) is 24.3 Å². The predicted molar refractivity (Wildman–Crippen MR) is 92.9 cm³/mol. The van der Waals surface area contributed by atoms with Gasteiger partial charge in [-0.25, -0.2) is 4.98 Å². The van der Waals surface area contributed by atoms with Gasteiger partial charge in [-0.2, -0.15) is 0 Å². The minimum absolute atomic E-state index is 0.169. The van der Waals surface area contributed by atoms with E-state index in [-0.39, 0.29) is 11.8 Å². The van der Waals surface area contributed by atoms with E-state index in [4.69, 9.17) is 0 Å². The highest BCUT2D eigenvalue weighted by Crippen LogP contribution is 2.11. The first kappa shape index (κ1) is 15.7. The SMILES string of the molecule is CC(=O)Nc1cccc(C(=O)NCCc2nc3ccccc3[nH]2)c1. The molecular formula is C18H18N4O2. The van der Waals surface area contributed by atoms with Crippen molar-refractivity contribution in [2.75, 3.05) is 11.9 Å². The van der Waals surface area contributed by atoms with Gasteiger partial charge in [-0.1, -0.05) is 18.2 Å². The van der Waals surface area contributed by atoms with Crippen LogP contribution in [0.5, 0.6) is 0 Å². The van der Waals surface area contributed by atoms with Gasteiger partial charge in [-0.15, -0.1) is 0 Å². The third kappa shape index (κ3) is 3.78. The number of imidazole rings is 1. The van der Waals surface area contributed by atoms with Crippen molar-refractivity contribution in [3.8, 4) is 0 Å². The number of hydrogen-bond donors (Lipinski definition) is 3. The third-order valence-electron chi connectivity index (χ3n) is 3.53. The summed E-state index contributed by atoms with van der Waals surface area (Å²) in [7, 11) is 0. The largest absolute Gasteiger partial charge is 0.352 e. The number of fused-ring (bicyclic) bond motifs is 1. The Morgan fingerprint density at radius 1 is 1.12 bits per heavy atom. The normalized spacial score (nSPS) is 10.5. The first-order valence-electron chi connectivity index (χ1n) is 7.71. The Balaban J connectivity index is 1.58. The van der Waals surface area contributed by atoms with E-state index in [0.717, 1.165) is 16.9 Å². The van der Waals surface area contributed by atoms with Gasteiger partial charge in [0.1, 0.15) is 5.82 Å². The number of H-pyrrole nitrogens is 1. The number of anilines is 1. The van der Waals surface area contributed by atoms with Crippen LogP contribution in [0, 0.1) is 0 Å². The molecule has 0 unspecified atom stereocenters. The quantitative estimate of drug-likeness (QED) is 0.674. The Morgan fingerprint density at radius 3 is 2.75 bits per heavy atom. The van der Waals surface area contributed by atoms with E-state index in [1.54, 1.807) is 24.3 Å². The number of benzene rings is 2. The summed E-state index contributed by atoms with van der Waals surface area (Å²) in [6.45, 7) is 1.91. The number of aromatic amines is 1. The highest BCUT2D eigenvalue weighted by atomic mass is 16.2. The first-order valence-corrected chi connectivity index (χ1v) is 7.71. The first-order chi connectivity index (χ1) is 11.6. The van der Waals surface area contributed by atoms with Gasteiger partial charge in [-0.05, 0) is 30.3 Å². The Kier molecular flexibility index (Phi) is 4.56. The highest BCUT2D eigenvalue weighted by molar-refractivity contribution is 5.96. The maximum atomic E-state index is 12.2. The zero-order valence-corrected chi connectivity index (χ0v) is 13.3. The van der Waals surface area contributed by atoms with Crippen LogP contribution in [0.4, 0.5) is 5.69 Å². The van der Waals surface area contributed by atoms with Gasteiger partial charge in [0, 0.05) is 31.1 Å². The molecule has 6 nitrogen and oxygen atoms in total. The van der Waals surface area contributed by atoms with E-state index in [1.165, 1.54) is 6.92 Å². The molecule has 122 valence electrons. The molecule has 24 heavy (non-hydrogen) atoms. The van der Waals surface area contributed by atoms with Gasteiger partial charge in [0.2, 0.25) is 5.91 Å². The molecule has 1 aromatic heterocycles. The van der Waals surface area contributed by atoms with Gasteiger partial charge in [0.25, 0.3) is 5.91 Å². The van der Waals surface area contributed by atoms with Crippen molar-refractivity contribution in [2.24, 2.45) is 0 Å². The molecule has 0 saturated carbocycles. The van der Waals surface area contributed by atoms with Gasteiger partial charge >= 0.3 is 0 Å². The van der Waals surface area contributed by atoms with Crippen molar-refractivity contribution in [3.05, 3.63) is 59.9 Å². The topological polar surface area (TPSA) is 86.9 Å². The summed E-state index contributed by atoms with van der Waals surface area (Å²) >= 11 is 0. The second-order valence-corrected chi connectivity index (χ2v) is 5.47. The average Bonchev–Trinajstić information content (AvgIpc) is 2.97. The van der Waals surface area contributed by atoms with Crippen LogP contribution in [0.15, 0.2) is 48.5 Å². The standard InChI is InChI=1S/C18H18N4O2/c1-12(23)20-14-6-4-5-13(11-14)18(24)19-10-9-17-21-15-7-2-3-8-16(15)22-17/h2-8,11H,9-10H2,1H3,(H,19,24)(H,20,23)(H,21,22). The van der Waals surface area contributed by atoms with Crippen LogP contribution in [0.1, 0.15) is 23.1 Å². The third-order valence-corrected chi connectivity index (χ3v) is 3.53. The molecule has 0 radical (unpaired) electrons. The molecule has 0 atom stereocenters. The zero-order valence-electron chi connectivity index (χ0n) is 13.3. The molecule has 0 aliphatic carbocycles. The van der Waals surface area contributed by atoms with E-state index >= 15 is 0 Å². The van der Waals surface area contributed by atoms with E-state index in [9.17, 15) is 9.59 Å². The number of nitrogens with one attached hydrogen (secondary N) is 3. The number of carbonyl (C=O) groups is 2. The number of amides is 2. The fourth-order valence-corrected chi connectivity index (χ4v) is 2.46. The second kappa shape index (κ2) is 6.95. The van der Waals surface area contributed by atoms with Crippen LogP contribution in [0.3, 0.4) is 0 Å². The summed E-state index contributed by atoms with van der Waals surface area (Å²) in [4.78, 5) is 31.0. The van der Waals surface area contributed by atoms with E-state index in [2.05, 4.69) is 20.6 Å². The lowest BCUT2D eigenvalue weighted by molar-refractivity contribution is -0.114. The lowest BCUT2D eigenvalue weighted by atomic mass is 10.2. The molecule has 0 spiro atoms. The average molecular weight is 322 g/mol. The van der Waals surface area contributed by atoms with Crippen molar-refractivity contribution in [1.82, 2.24) is 15.3 Å². The van der Waals surface area contributed by atoms with Gasteiger partial charge in [0.15, 0.2) is 0 Å². The smallest absolute Gasteiger partial charge is 0.251 e. The van der Waals surface area contributed by atoms with Crippen LogP contribution < -0.4 is 10.6 Å². The van der Waals surface area contributed by atoms with Crippen molar-refractivity contribution in [2.45, 2.75) is 13.3 Å². The number of aromatic nitrogens is 2. The molecule has 0 bridgehead atoms. The second-order valence-electron chi connectivity index (χ2n) is 5.47. The Morgan fingerprint density at radius 2 is 1.96 bits per heavy atom. The molecule has 1 heterocycles. The van der Waals surface area contributed by atoms with Crippen molar-refractivity contribution >= 4 is 28.5 Å². The van der Waals surface area contributed by atoms with Crippen molar-refractivity contribution < 1.29 is 9.59 Å². The Bertz CT molecular complexity index is 852. The van der Waals surface area contributed by atoms with E-state index in [0.29, 0.717) is 24.2 Å². The molecule has 0 aliphatic rings. The zero-order chi connectivity index (χ0) is 16.9. The minimum atomic E-state index is -0.182. The number of para-hydroxylation sites is 2. The molecule has 0 aliphatic heterocycles. The monoisotopic (exact) mass is 322 g/mol. The molecule has 3 rings (SSSR count). The molecule has 2 amide bonds. The summed E-state index contributed by atoms with van der Waals surface area (Å²) in [6.07, 6.45) is 0.617. The molecule has 2 aromatic carbocycles. The van der Waals surface area contributed by atoms with Gasteiger partial charge in [-0.3, -0.25) is 9.59 Å². The predicted octanol–water partition coefficient (Wildman–Crippen LogP) is 2.49. The maximum absolute atomic E-state index is 12.2. The number of nitrogens with zero attached hydrogens (tertiary/aromatic N) is 1. The summed E-state index contributed by atoms with van der Waals surface area (Å²) < 4.78 is 0. The molecular weight excluding hydrogens is 304 g/mol. The molecule has 3 aromatic rings. The maximum Gasteiger partial charge on any atom is 0.251 e. The lowest BCUT2D eigenvalue weighted by Gasteiger charge is -2.06. The molecule has 3 N–H and O–H groups in total. The lowest BCUT2D eigenvalue weighted by Crippen LogP contribution is -2.26. The van der Waals surface area contributed by atoms with Crippen LogP contribution in [-0.4, -0.2) is 28.3 Å². The number of hydrogen-bond acceptors (Lipinski definition) is 3.